The van der Waals surface area contributed by atoms with Crippen molar-refractivity contribution in [3.05, 3.63) is 58.6 Å². The summed E-state index contributed by atoms with van der Waals surface area (Å²) in [4.78, 5) is 12.4. The molecule has 0 aliphatic heterocycles. The van der Waals surface area contributed by atoms with Gasteiger partial charge in [-0.15, -0.1) is 0 Å². The highest BCUT2D eigenvalue weighted by molar-refractivity contribution is 9.10. The third-order valence-corrected chi connectivity index (χ3v) is 6.01. The number of carbonyl (C=O) groups excluding carboxylic acids is 1. The Morgan fingerprint density at radius 1 is 1.12 bits per heavy atom. The molecule has 5 nitrogen and oxygen atoms in total. The lowest BCUT2D eigenvalue weighted by molar-refractivity contribution is -0.116. The average Bonchev–Trinajstić information content (AvgIpc) is 2.55. The third-order valence-electron chi connectivity index (χ3n) is 3.54. The highest BCUT2D eigenvalue weighted by Gasteiger charge is 2.25. The first-order chi connectivity index (χ1) is 11.3. The molecule has 2 rings (SSSR count). The third kappa shape index (κ3) is 4.43. The monoisotopic (exact) mass is 410 g/mol. The van der Waals surface area contributed by atoms with E-state index >= 15 is 0 Å². The fourth-order valence-corrected chi connectivity index (χ4v) is 3.86. The first-order valence-electron chi connectivity index (χ1n) is 7.45. The van der Waals surface area contributed by atoms with Gasteiger partial charge >= 0.3 is 0 Å². The molecule has 0 saturated carbocycles. The number of anilines is 1. The van der Waals surface area contributed by atoms with Crippen LogP contribution in [0.5, 0.6) is 0 Å². The largest absolute Gasteiger partial charge is 0.325 e. The summed E-state index contributed by atoms with van der Waals surface area (Å²) in [5.41, 5.74) is 1.60. The SMILES string of the molecule is CCN(CC(=O)Nc1ccccc1C)S(=O)(=O)c1ccc(Br)cc1. The van der Waals surface area contributed by atoms with Gasteiger partial charge in [-0.2, -0.15) is 4.31 Å². The van der Waals surface area contributed by atoms with Crippen LogP contribution < -0.4 is 5.32 Å². The minimum absolute atomic E-state index is 0.163. The van der Waals surface area contributed by atoms with Crippen LogP contribution in [0, 0.1) is 6.92 Å². The van der Waals surface area contributed by atoms with Crippen LogP contribution in [0.2, 0.25) is 0 Å². The molecule has 0 heterocycles. The molecule has 0 radical (unpaired) electrons. The minimum Gasteiger partial charge on any atom is -0.325 e. The second-order valence-electron chi connectivity index (χ2n) is 5.25. The van der Waals surface area contributed by atoms with Gasteiger partial charge in [-0.25, -0.2) is 8.42 Å². The molecule has 7 heteroatoms. The molecule has 0 spiro atoms. The molecule has 0 aliphatic rings. The van der Waals surface area contributed by atoms with E-state index in [0.717, 1.165) is 14.3 Å². The van der Waals surface area contributed by atoms with Crippen LogP contribution in [0.1, 0.15) is 12.5 Å². The summed E-state index contributed by atoms with van der Waals surface area (Å²) in [5, 5.41) is 2.76. The van der Waals surface area contributed by atoms with Gasteiger partial charge in [-0.3, -0.25) is 4.79 Å². The molecule has 0 aromatic heterocycles. The molecule has 1 N–H and O–H groups in total. The predicted molar refractivity (Wildman–Crippen MR) is 98.4 cm³/mol. The van der Waals surface area contributed by atoms with Crippen molar-refractivity contribution in [2.75, 3.05) is 18.4 Å². The topological polar surface area (TPSA) is 66.5 Å². The summed E-state index contributed by atoms with van der Waals surface area (Å²) in [6.45, 7) is 3.56. The van der Waals surface area contributed by atoms with E-state index in [9.17, 15) is 13.2 Å². The molecule has 0 atom stereocenters. The van der Waals surface area contributed by atoms with E-state index in [-0.39, 0.29) is 23.9 Å². The van der Waals surface area contributed by atoms with E-state index in [1.54, 1.807) is 25.1 Å². The summed E-state index contributed by atoms with van der Waals surface area (Å²) in [5.74, 6) is -0.369. The van der Waals surface area contributed by atoms with Gasteiger partial charge in [-0.05, 0) is 42.8 Å². The van der Waals surface area contributed by atoms with Crippen molar-refractivity contribution < 1.29 is 13.2 Å². The van der Waals surface area contributed by atoms with Gasteiger partial charge < -0.3 is 5.32 Å². The molecule has 128 valence electrons. The number of benzene rings is 2. The van der Waals surface area contributed by atoms with Gasteiger partial charge in [0, 0.05) is 16.7 Å². The number of sulfonamides is 1. The number of carbonyl (C=O) groups is 1. The van der Waals surface area contributed by atoms with Crippen LogP contribution in [-0.4, -0.2) is 31.7 Å². The molecule has 1 amide bonds. The number of nitrogens with one attached hydrogen (secondary N) is 1. The fraction of sp³-hybridized carbons (Fsp3) is 0.235. The van der Waals surface area contributed by atoms with Gasteiger partial charge in [0.25, 0.3) is 0 Å². The molecule has 24 heavy (non-hydrogen) atoms. The summed E-state index contributed by atoms with van der Waals surface area (Å²) in [7, 11) is -3.71. The molecular formula is C17H19BrN2O3S. The summed E-state index contributed by atoms with van der Waals surface area (Å²) < 4.78 is 27.3. The van der Waals surface area contributed by atoms with Crippen molar-refractivity contribution in [3.8, 4) is 0 Å². The molecule has 2 aromatic rings. The predicted octanol–water partition coefficient (Wildman–Crippen LogP) is 3.41. The molecule has 0 bridgehead atoms. The van der Waals surface area contributed by atoms with Crippen LogP contribution in [0.4, 0.5) is 5.69 Å². The van der Waals surface area contributed by atoms with Gasteiger partial charge in [-0.1, -0.05) is 41.1 Å². The molecule has 0 fully saturated rings. The van der Waals surface area contributed by atoms with Crippen LogP contribution in [-0.2, 0) is 14.8 Å². The Morgan fingerprint density at radius 2 is 1.75 bits per heavy atom. The summed E-state index contributed by atoms with van der Waals surface area (Å²) in [6.07, 6.45) is 0. The van der Waals surface area contributed by atoms with E-state index in [4.69, 9.17) is 0 Å². The van der Waals surface area contributed by atoms with E-state index in [0.29, 0.717) is 5.69 Å². The van der Waals surface area contributed by atoms with E-state index in [1.165, 1.54) is 12.1 Å². The van der Waals surface area contributed by atoms with Gasteiger partial charge in [0.05, 0.1) is 11.4 Å². The highest BCUT2D eigenvalue weighted by Crippen LogP contribution is 2.19. The Morgan fingerprint density at radius 3 is 2.33 bits per heavy atom. The Hall–Kier alpha value is -1.70. The maximum Gasteiger partial charge on any atom is 0.243 e. The molecule has 2 aromatic carbocycles. The standard InChI is InChI=1S/C17H19BrN2O3S/c1-3-20(24(22,23)15-10-8-14(18)9-11-15)12-17(21)19-16-7-5-4-6-13(16)2/h4-11H,3,12H2,1-2H3,(H,19,21). The zero-order valence-electron chi connectivity index (χ0n) is 13.5. The van der Waals surface area contributed by atoms with E-state index in [1.807, 2.05) is 25.1 Å². The zero-order valence-corrected chi connectivity index (χ0v) is 15.9. The van der Waals surface area contributed by atoms with Gasteiger partial charge in [0.2, 0.25) is 15.9 Å². The maximum absolute atomic E-state index is 12.7. The smallest absolute Gasteiger partial charge is 0.243 e. The molecule has 0 unspecified atom stereocenters. The van der Waals surface area contributed by atoms with Crippen LogP contribution in [0.3, 0.4) is 0 Å². The highest BCUT2D eigenvalue weighted by atomic mass is 79.9. The number of hydrogen-bond donors (Lipinski definition) is 1. The number of para-hydroxylation sites is 1. The minimum atomic E-state index is -3.71. The second kappa shape index (κ2) is 7.92. The summed E-state index contributed by atoms with van der Waals surface area (Å²) in [6, 6.07) is 13.7. The van der Waals surface area contributed by atoms with Crippen molar-refractivity contribution >= 4 is 37.5 Å². The Kier molecular flexibility index (Phi) is 6.15. The average molecular weight is 411 g/mol. The number of rotatable bonds is 6. The number of amides is 1. The Balaban J connectivity index is 2.15. The van der Waals surface area contributed by atoms with Crippen molar-refractivity contribution in [2.45, 2.75) is 18.7 Å². The second-order valence-corrected chi connectivity index (χ2v) is 8.10. The number of nitrogens with zero attached hydrogens (tertiary/aromatic N) is 1. The number of hydrogen-bond acceptors (Lipinski definition) is 3. The van der Waals surface area contributed by atoms with E-state index in [2.05, 4.69) is 21.2 Å². The number of likely N-dealkylation sites (N-methyl/N-ethyl adjacent to an activating group) is 1. The lowest BCUT2D eigenvalue weighted by Crippen LogP contribution is -2.37. The van der Waals surface area contributed by atoms with Gasteiger partial charge in [0.1, 0.15) is 0 Å². The molecule has 0 saturated heterocycles. The van der Waals surface area contributed by atoms with Crippen molar-refractivity contribution in [1.82, 2.24) is 4.31 Å². The Labute approximate surface area is 150 Å². The molecule has 0 aliphatic carbocycles. The lowest BCUT2D eigenvalue weighted by atomic mass is 10.2. The fourth-order valence-electron chi connectivity index (χ4n) is 2.19. The van der Waals surface area contributed by atoms with Crippen molar-refractivity contribution in [1.29, 1.82) is 0 Å². The maximum atomic E-state index is 12.7. The molecular weight excluding hydrogens is 392 g/mol. The van der Waals surface area contributed by atoms with E-state index < -0.39 is 10.0 Å². The van der Waals surface area contributed by atoms with Crippen molar-refractivity contribution in [2.24, 2.45) is 0 Å². The van der Waals surface area contributed by atoms with Crippen LogP contribution in [0.25, 0.3) is 0 Å². The normalized spacial score (nSPS) is 11.5. The summed E-state index contributed by atoms with van der Waals surface area (Å²) >= 11 is 3.28. The Bertz CT molecular complexity index is 820. The van der Waals surface area contributed by atoms with Crippen LogP contribution in [0.15, 0.2) is 57.9 Å². The van der Waals surface area contributed by atoms with Gasteiger partial charge in [0.15, 0.2) is 0 Å². The van der Waals surface area contributed by atoms with Crippen molar-refractivity contribution in [3.63, 3.8) is 0 Å². The van der Waals surface area contributed by atoms with Crippen LogP contribution >= 0.6 is 15.9 Å². The first kappa shape index (κ1) is 18.6. The zero-order chi connectivity index (χ0) is 17.7. The lowest BCUT2D eigenvalue weighted by Gasteiger charge is -2.20. The number of aryl methyl sites for hydroxylation is 1. The first-order valence-corrected chi connectivity index (χ1v) is 9.69. The number of halogens is 1. The quantitative estimate of drug-likeness (QED) is 0.793.